The van der Waals surface area contributed by atoms with E-state index in [0.29, 0.717) is 22.7 Å². The molecule has 1 aliphatic rings. The number of thioether (sulfide) groups is 1. The van der Waals surface area contributed by atoms with Crippen LogP contribution in [0.15, 0.2) is 41.3 Å². The number of fused-ring (bicyclic) bond motifs is 1. The number of esters is 1. The lowest BCUT2D eigenvalue weighted by Gasteiger charge is -2.16. The first kappa shape index (κ1) is 18.8. The Hall–Kier alpha value is -3.02. The van der Waals surface area contributed by atoms with Crippen LogP contribution in [-0.4, -0.2) is 30.1 Å². The predicted octanol–water partition coefficient (Wildman–Crippen LogP) is 3.05. The van der Waals surface area contributed by atoms with Crippen LogP contribution in [0.2, 0.25) is 5.02 Å². The van der Waals surface area contributed by atoms with Gasteiger partial charge in [0, 0.05) is 10.6 Å². The van der Waals surface area contributed by atoms with Gasteiger partial charge in [-0.1, -0.05) is 11.6 Å². The van der Waals surface area contributed by atoms with E-state index in [4.69, 9.17) is 21.6 Å². The van der Waals surface area contributed by atoms with E-state index in [9.17, 15) is 14.4 Å². The minimum absolute atomic E-state index is 0.140. The van der Waals surface area contributed by atoms with Crippen LogP contribution in [0.1, 0.15) is 15.9 Å². The maximum Gasteiger partial charge on any atom is 0.338 e. The number of amides is 2. The Morgan fingerprint density at radius 1 is 1.30 bits per heavy atom. The number of nitrogens with one attached hydrogen (secondary N) is 2. The summed E-state index contributed by atoms with van der Waals surface area (Å²) in [5, 5.41) is 14.3. The Bertz CT molecular complexity index is 987. The standard InChI is InChI=1S/C18H12ClN3O4S/c19-13-6-12(3-1-11(13)7-20)21-16(23)8-26-18(25)10-2-4-15-14(5-10)22-17(24)9-27-15/h1-6H,8-9H2,(H,21,23)(H,22,24). The van der Waals surface area contributed by atoms with Crippen molar-refractivity contribution >= 4 is 52.5 Å². The third kappa shape index (κ3) is 4.58. The van der Waals surface area contributed by atoms with Crippen molar-refractivity contribution in [2.24, 2.45) is 0 Å². The molecule has 2 aromatic carbocycles. The minimum atomic E-state index is -0.685. The van der Waals surface area contributed by atoms with Crippen molar-refractivity contribution in [2.45, 2.75) is 4.90 Å². The van der Waals surface area contributed by atoms with E-state index in [-0.39, 0.29) is 16.5 Å². The van der Waals surface area contributed by atoms with Crippen LogP contribution in [0.3, 0.4) is 0 Å². The van der Waals surface area contributed by atoms with Crippen LogP contribution in [-0.2, 0) is 14.3 Å². The van der Waals surface area contributed by atoms with E-state index in [1.807, 2.05) is 6.07 Å². The number of nitrogens with zero attached hydrogens (tertiary/aromatic N) is 1. The molecule has 136 valence electrons. The van der Waals surface area contributed by atoms with Crippen molar-refractivity contribution < 1.29 is 19.1 Å². The van der Waals surface area contributed by atoms with Crippen LogP contribution in [0.4, 0.5) is 11.4 Å². The van der Waals surface area contributed by atoms with Crippen molar-refractivity contribution in [3.8, 4) is 6.07 Å². The van der Waals surface area contributed by atoms with Crippen molar-refractivity contribution in [3.63, 3.8) is 0 Å². The maximum absolute atomic E-state index is 12.1. The summed E-state index contributed by atoms with van der Waals surface area (Å²) in [6, 6.07) is 11.2. The molecule has 0 saturated heterocycles. The molecule has 2 amide bonds. The lowest BCUT2D eigenvalue weighted by atomic mass is 10.2. The Morgan fingerprint density at radius 2 is 2.11 bits per heavy atom. The maximum atomic E-state index is 12.1. The molecule has 7 nitrogen and oxygen atoms in total. The van der Waals surface area contributed by atoms with Gasteiger partial charge < -0.3 is 15.4 Å². The molecular formula is C18H12ClN3O4S. The molecule has 0 aliphatic carbocycles. The van der Waals surface area contributed by atoms with Gasteiger partial charge in [-0.3, -0.25) is 9.59 Å². The van der Waals surface area contributed by atoms with Gasteiger partial charge >= 0.3 is 5.97 Å². The molecule has 0 radical (unpaired) electrons. The SMILES string of the molecule is N#Cc1ccc(NC(=O)COC(=O)c2ccc3c(c2)NC(=O)CS3)cc1Cl. The summed E-state index contributed by atoms with van der Waals surface area (Å²) in [6.45, 7) is -0.491. The van der Waals surface area contributed by atoms with Gasteiger partial charge in [0.2, 0.25) is 5.91 Å². The second kappa shape index (κ2) is 8.12. The number of carbonyl (C=O) groups is 3. The van der Waals surface area contributed by atoms with Gasteiger partial charge in [0.25, 0.3) is 5.91 Å². The van der Waals surface area contributed by atoms with Gasteiger partial charge in [-0.2, -0.15) is 5.26 Å². The highest BCUT2D eigenvalue weighted by Crippen LogP contribution is 2.32. The first-order chi connectivity index (χ1) is 13.0. The van der Waals surface area contributed by atoms with Crippen LogP contribution in [0, 0.1) is 11.3 Å². The highest BCUT2D eigenvalue weighted by atomic mass is 35.5. The Balaban J connectivity index is 1.58. The zero-order valence-electron chi connectivity index (χ0n) is 13.7. The highest BCUT2D eigenvalue weighted by Gasteiger charge is 2.18. The van der Waals surface area contributed by atoms with E-state index < -0.39 is 18.5 Å². The lowest BCUT2D eigenvalue weighted by Crippen LogP contribution is -2.22. The molecule has 27 heavy (non-hydrogen) atoms. The number of carbonyl (C=O) groups excluding carboxylic acids is 3. The van der Waals surface area contributed by atoms with E-state index in [1.54, 1.807) is 12.1 Å². The summed E-state index contributed by atoms with van der Waals surface area (Å²) < 4.78 is 5.00. The van der Waals surface area contributed by atoms with Gasteiger partial charge in [0.15, 0.2) is 6.61 Å². The Morgan fingerprint density at radius 3 is 2.85 bits per heavy atom. The van der Waals surface area contributed by atoms with Gasteiger partial charge in [-0.05, 0) is 36.4 Å². The monoisotopic (exact) mass is 401 g/mol. The number of halogens is 1. The van der Waals surface area contributed by atoms with Crippen LogP contribution < -0.4 is 10.6 Å². The van der Waals surface area contributed by atoms with E-state index in [0.717, 1.165) is 4.90 Å². The fourth-order valence-electron chi connectivity index (χ4n) is 2.31. The average molecular weight is 402 g/mol. The second-order valence-electron chi connectivity index (χ2n) is 5.48. The van der Waals surface area contributed by atoms with Crippen molar-refractivity contribution in [2.75, 3.05) is 23.0 Å². The highest BCUT2D eigenvalue weighted by molar-refractivity contribution is 8.00. The second-order valence-corrected chi connectivity index (χ2v) is 6.90. The molecule has 0 atom stereocenters. The Kier molecular flexibility index (Phi) is 5.64. The molecule has 3 rings (SSSR count). The number of hydrogen-bond acceptors (Lipinski definition) is 6. The molecule has 0 aromatic heterocycles. The van der Waals surface area contributed by atoms with E-state index in [1.165, 1.54) is 36.0 Å². The quantitative estimate of drug-likeness (QED) is 0.762. The molecule has 0 spiro atoms. The van der Waals surface area contributed by atoms with Crippen LogP contribution >= 0.6 is 23.4 Å². The molecule has 0 saturated carbocycles. The summed E-state index contributed by atoms with van der Waals surface area (Å²) in [4.78, 5) is 36.4. The fourth-order valence-corrected chi connectivity index (χ4v) is 3.32. The third-order valence-electron chi connectivity index (χ3n) is 3.56. The molecule has 1 aliphatic heterocycles. The van der Waals surface area contributed by atoms with E-state index >= 15 is 0 Å². The lowest BCUT2D eigenvalue weighted by molar-refractivity contribution is -0.119. The number of rotatable bonds is 4. The summed E-state index contributed by atoms with van der Waals surface area (Å²) in [6.07, 6.45) is 0. The van der Waals surface area contributed by atoms with Crippen LogP contribution in [0.5, 0.6) is 0 Å². The van der Waals surface area contributed by atoms with Gasteiger partial charge in [0.1, 0.15) is 6.07 Å². The number of ether oxygens (including phenoxy) is 1. The topological polar surface area (TPSA) is 108 Å². The summed E-state index contributed by atoms with van der Waals surface area (Å²) in [7, 11) is 0. The summed E-state index contributed by atoms with van der Waals surface area (Å²) in [5.41, 5.74) is 1.44. The van der Waals surface area contributed by atoms with Gasteiger partial charge in [-0.15, -0.1) is 11.8 Å². The predicted molar refractivity (Wildman–Crippen MR) is 101 cm³/mol. The number of hydrogen-bond donors (Lipinski definition) is 2. The van der Waals surface area contributed by atoms with Crippen molar-refractivity contribution in [3.05, 3.63) is 52.5 Å². The normalized spacial score (nSPS) is 12.4. The minimum Gasteiger partial charge on any atom is -0.452 e. The number of anilines is 2. The first-order valence-corrected chi connectivity index (χ1v) is 9.06. The zero-order chi connectivity index (χ0) is 19.4. The molecule has 2 aromatic rings. The smallest absolute Gasteiger partial charge is 0.338 e. The largest absolute Gasteiger partial charge is 0.452 e. The summed E-state index contributed by atoms with van der Waals surface area (Å²) >= 11 is 7.28. The zero-order valence-corrected chi connectivity index (χ0v) is 15.3. The van der Waals surface area contributed by atoms with Crippen LogP contribution in [0.25, 0.3) is 0 Å². The molecule has 0 bridgehead atoms. The number of benzene rings is 2. The third-order valence-corrected chi connectivity index (χ3v) is 4.94. The molecule has 1 heterocycles. The van der Waals surface area contributed by atoms with Gasteiger partial charge in [-0.25, -0.2) is 4.79 Å². The molecule has 0 fully saturated rings. The molecular weight excluding hydrogens is 390 g/mol. The summed E-state index contributed by atoms with van der Waals surface area (Å²) in [5.74, 6) is -1.05. The van der Waals surface area contributed by atoms with E-state index in [2.05, 4.69) is 10.6 Å². The van der Waals surface area contributed by atoms with Crippen molar-refractivity contribution in [1.82, 2.24) is 0 Å². The first-order valence-electron chi connectivity index (χ1n) is 7.69. The average Bonchev–Trinajstić information content (AvgIpc) is 2.65. The number of nitriles is 1. The molecule has 0 unspecified atom stereocenters. The fraction of sp³-hybridized carbons (Fsp3) is 0.111. The molecule has 9 heteroatoms. The van der Waals surface area contributed by atoms with Crippen molar-refractivity contribution in [1.29, 1.82) is 5.26 Å². The van der Waals surface area contributed by atoms with Gasteiger partial charge in [0.05, 0.1) is 27.6 Å². The Labute approximate surface area is 163 Å². The molecule has 2 N–H and O–H groups in total.